The molecule has 0 aliphatic carbocycles. The van der Waals surface area contributed by atoms with E-state index in [4.69, 9.17) is 28.4 Å². The molecule has 0 spiro atoms. The Morgan fingerprint density at radius 3 is 2.36 bits per heavy atom. The Bertz CT molecular complexity index is 860. The standard InChI is InChI=1S/C22H26O10Se/c1-12(23)27-10-18(28-13(2)24)20(29-14(3)25)21-19-17(31-22(26)32-19)9-15(30-21)11-33-16-7-5-4-6-8-16/h4-8,15,17-21H,9-11H2,1-3H3/t15-,17-,18+,19-,20+,21+/m0/s1. The van der Waals surface area contributed by atoms with E-state index >= 15 is 0 Å². The van der Waals surface area contributed by atoms with Crippen molar-refractivity contribution in [2.45, 2.75) is 69.1 Å². The number of hydrogen-bond donors (Lipinski definition) is 0. The zero-order valence-corrected chi connectivity index (χ0v) is 20.2. The minimum atomic E-state index is -1.19. The number of esters is 3. The summed E-state index contributed by atoms with van der Waals surface area (Å²) in [5.74, 6) is -1.93. The molecule has 33 heavy (non-hydrogen) atoms. The van der Waals surface area contributed by atoms with Gasteiger partial charge in [-0.15, -0.1) is 0 Å². The summed E-state index contributed by atoms with van der Waals surface area (Å²) in [4.78, 5) is 46.9. The Morgan fingerprint density at radius 2 is 1.73 bits per heavy atom. The maximum atomic E-state index is 11.9. The number of benzene rings is 1. The number of ether oxygens (including phenoxy) is 6. The van der Waals surface area contributed by atoms with Crippen molar-refractivity contribution in [3.05, 3.63) is 30.3 Å². The summed E-state index contributed by atoms with van der Waals surface area (Å²) in [5, 5.41) is 0.670. The first-order chi connectivity index (χ1) is 15.7. The minimum absolute atomic E-state index is 0.0801. The molecule has 2 saturated heterocycles. The predicted octanol–water partition coefficient (Wildman–Crippen LogP) is 0.922. The van der Waals surface area contributed by atoms with E-state index < -0.39 is 54.6 Å². The van der Waals surface area contributed by atoms with Crippen LogP contribution in [0.25, 0.3) is 0 Å². The molecule has 2 aliphatic rings. The summed E-state index contributed by atoms with van der Waals surface area (Å²) < 4.78 is 33.9. The molecular formula is C22H26O10Se. The van der Waals surface area contributed by atoms with Gasteiger partial charge in [-0.2, -0.15) is 0 Å². The molecule has 0 N–H and O–H groups in total. The molecule has 11 heteroatoms. The fraction of sp³-hybridized carbons (Fsp3) is 0.545. The van der Waals surface area contributed by atoms with E-state index in [1.165, 1.54) is 25.2 Å². The van der Waals surface area contributed by atoms with Gasteiger partial charge in [0.25, 0.3) is 0 Å². The molecule has 1 aromatic carbocycles. The van der Waals surface area contributed by atoms with Gasteiger partial charge in [0.05, 0.1) is 0 Å². The summed E-state index contributed by atoms with van der Waals surface area (Å²) >= 11 is 0.0801. The molecule has 0 unspecified atom stereocenters. The molecular weight excluding hydrogens is 503 g/mol. The second kappa shape index (κ2) is 11.5. The van der Waals surface area contributed by atoms with Gasteiger partial charge >= 0.3 is 197 Å². The fourth-order valence-corrected chi connectivity index (χ4v) is 5.69. The average Bonchev–Trinajstić information content (AvgIpc) is 3.13. The van der Waals surface area contributed by atoms with Crippen molar-refractivity contribution in [2.24, 2.45) is 0 Å². The molecule has 0 bridgehead atoms. The first kappa shape index (κ1) is 25.0. The molecule has 0 aromatic heterocycles. The third kappa shape index (κ3) is 7.18. The van der Waals surface area contributed by atoms with Crippen LogP contribution in [-0.2, 0) is 42.8 Å². The Morgan fingerprint density at radius 1 is 1.03 bits per heavy atom. The van der Waals surface area contributed by atoms with E-state index in [1.54, 1.807) is 0 Å². The van der Waals surface area contributed by atoms with E-state index in [9.17, 15) is 19.2 Å². The van der Waals surface area contributed by atoms with E-state index in [2.05, 4.69) is 0 Å². The summed E-state index contributed by atoms with van der Waals surface area (Å²) in [6.07, 6.45) is -5.60. The van der Waals surface area contributed by atoms with Crippen LogP contribution >= 0.6 is 0 Å². The monoisotopic (exact) mass is 530 g/mol. The van der Waals surface area contributed by atoms with Crippen molar-refractivity contribution >= 4 is 43.5 Å². The Balaban J connectivity index is 1.83. The quantitative estimate of drug-likeness (QED) is 0.259. The van der Waals surface area contributed by atoms with E-state index in [0.29, 0.717) is 11.7 Å². The molecule has 0 radical (unpaired) electrons. The zero-order chi connectivity index (χ0) is 24.0. The van der Waals surface area contributed by atoms with Crippen LogP contribution in [0.2, 0.25) is 5.32 Å². The van der Waals surface area contributed by atoms with Gasteiger partial charge in [-0.1, -0.05) is 0 Å². The van der Waals surface area contributed by atoms with Crippen LogP contribution in [0, 0.1) is 0 Å². The fourth-order valence-electron chi connectivity index (χ4n) is 3.71. The number of rotatable bonds is 9. The van der Waals surface area contributed by atoms with Crippen LogP contribution in [0.4, 0.5) is 4.79 Å². The number of fused-ring (bicyclic) bond motifs is 1. The number of hydrogen-bond acceptors (Lipinski definition) is 10. The molecule has 10 nitrogen and oxygen atoms in total. The summed E-state index contributed by atoms with van der Waals surface area (Å²) in [6.45, 7) is 3.21. The van der Waals surface area contributed by atoms with Crippen LogP contribution in [-0.4, -0.2) is 82.3 Å². The van der Waals surface area contributed by atoms with Crippen LogP contribution in [0.5, 0.6) is 0 Å². The van der Waals surface area contributed by atoms with Crippen molar-refractivity contribution in [2.75, 3.05) is 6.61 Å². The van der Waals surface area contributed by atoms with Crippen molar-refractivity contribution in [1.29, 1.82) is 0 Å². The van der Waals surface area contributed by atoms with Gasteiger partial charge in [-0.3, -0.25) is 0 Å². The molecule has 2 fully saturated rings. The van der Waals surface area contributed by atoms with Crippen LogP contribution in [0.3, 0.4) is 0 Å². The Kier molecular flexibility index (Phi) is 8.71. The molecule has 0 saturated carbocycles. The number of carbonyl (C=O) groups is 4. The van der Waals surface area contributed by atoms with Crippen LogP contribution < -0.4 is 4.46 Å². The molecule has 6 atom stereocenters. The van der Waals surface area contributed by atoms with Gasteiger partial charge in [-0.05, 0) is 0 Å². The topological polar surface area (TPSA) is 124 Å². The van der Waals surface area contributed by atoms with Gasteiger partial charge in [0.15, 0.2) is 0 Å². The van der Waals surface area contributed by atoms with Crippen molar-refractivity contribution in [3.63, 3.8) is 0 Å². The normalized spacial score (nSPS) is 25.6. The first-order valence-corrected chi connectivity index (χ1v) is 12.5. The van der Waals surface area contributed by atoms with Gasteiger partial charge in [-0.25, -0.2) is 0 Å². The van der Waals surface area contributed by atoms with Gasteiger partial charge in [0.1, 0.15) is 0 Å². The third-order valence-corrected chi connectivity index (χ3v) is 7.35. The van der Waals surface area contributed by atoms with Gasteiger partial charge in [0, 0.05) is 0 Å². The molecule has 2 aliphatic heterocycles. The van der Waals surface area contributed by atoms with Crippen LogP contribution in [0.15, 0.2) is 30.3 Å². The second-order valence-electron chi connectivity index (χ2n) is 7.60. The van der Waals surface area contributed by atoms with E-state index in [0.717, 1.165) is 0 Å². The average molecular weight is 529 g/mol. The third-order valence-electron chi connectivity index (χ3n) is 4.95. The van der Waals surface area contributed by atoms with Gasteiger partial charge < -0.3 is 0 Å². The van der Waals surface area contributed by atoms with Crippen molar-refractivity contribution in [3.8, 4) is 0 Å². The summed E-state index contributed by atoms with van der Waals surface area (Å²) in [5.41, 5.74) is 0. The van der Waals surface area contributed by atoms with Crippen molar-refractivity contribution < 1.29 is 47.6 Å². The van der Waals surface area contributed by atoms with Crippen LogP contribution in [0.1, 0.15) is 27.2 Å². The Labute approximate surface area is 197 Å². The van der Waals surface area contributed by atoms with E-state index in [-0.39, 0.29) is 27.7 Å². The SMILES string of the molecule is CC(=O)OC[C@@H](OC(C)=O)[C@@H](OC(C)=O)[C@@H]1O[C@H](C[Se]c2ccccc2)C[C@@H]2OC(=O)O[C@H]12. The molecule has 2 heterocycles. The molecule has 1 aromatic rings. The first-order valence-electron chi connectivity index (χ1n) is 10.4. The molecule has 0 amide bonds. The molecule has 180 valence electrons. The Hall–Kier alpha value is -2.62. The number of carbonyl (C=O) groups excluding carboxylic acids is 4. The van der Waals surface area contributed by atoms with Crippen molar-refractivity contribution in [1.82, 2.24) is 0 Å². The second-order valence-corrected chi connectivity index (χ2v) is 9.89. The maximum absolute atomic E-state index is 11.9. The van der Waals surface area contributed by atoms with Gasteiger partial charge in [0.2, 0.25) is 0 Å². The predicted molar refractivity (Wildman–Crippen MR) is 113 cm³/mol. The summed E-state index contributed by atoms with van der Waals surface area (Å²) in [6, 6.07) is 9.91. The zero-order valence-electron chi connectivity index (χ0n) is 18.5. The van der Waals surface area contributed by atoms with E-state index in [1.807, 2.05) is 30.3 Å². The molecule has 3 rings (SSSR count). The summed E-state index contributed by atoms with van der Waals surface area (Å²) in [7, 11) is 0.